The van der Waals surface area contributed by atoms with E-state index in [2.05, 4.69) is 5.32 Å². The SMILES string of the molecule is CC(=O)N1CCC(C(=O)Nc2ccccc2Cc2cc(Cl)cc(Cl)c2)CC1. The highest BCUT2D eigenvalue weighted by atomic mass is 35.5. The minimum absolute atomic E-state index is 0.00905. The largest absolute Gasteiger partial charge is 0.343 e. The molecule has 1 fully saturated rings. The van der Waals surface area contributed by atoms with Gasteiger partial charge in [0.2, 0.25) is 11.8 Å². The second-order valence-corrected chi connectivity index (χ2v) is 7.75. The third-order valence-corrected chi connectivity index (χ3v) is 5.34. The fraction of sp³-hybridized carbons (Fsp3) is 0.333. The molecular weight excluding hydrogens is 383 g/mol. The summed E-state index contributed by atoms with van der Waals surface area (Å²) in [6, 6.07) is 13.2. The van der Waals surface area contributed by atoms with E-state index < -0.39 is 0 Å². The van der Waals surface area contributed by atoms with Crippen LogP contribution >= 0.6 is 23.2 Å². The average molecular weight is 405 g/mol. The number of hydrogen-bond donors (Lipinski definition) is 1. The first-order chi connectivity index (χ1) is 12.9. The number of halogens is 2. The number of para-hydroxylation sites is 1. The van der Waals surface area contributed by atoms with Crippen molar-refractivity contribution in [1.29, 1.82) is 0 Å². The number of benzene rings is 2. The van der Waals surface area contributed by atoms with Crippen molar-refractivity contribution in [2.24, 2.45) is 5.92 Å². The number of rotatable bonds is 4. The van der Waals surface area contributed by atoms with Crippen LogP contribution in [0.1, 0.15) is 30.9 Å². The van der Waals surface area contributed by atoms with Gasteiger partial charge in [-0.2, -0.15) is 0 Å². The Morgan fingerprint density at radius 2 is 1.70 bits per heavy atom. The van der Waals surface area contributed by atoms with Crippen molar-refractivity contribution in [1.82, 2.24) is 4.90 Å². The molecule has 0 spiro atoms. The van der Waals surface area contributed by atoms with Gasteiger partial charge in [0, 0.05) is 41.7 Å². The molecule has 4 nitrogen and oxygen atoms in total. The van der Waals surface area contributed by atoms with E-state index in [9.17, 15) is 9.59 Å². The lowest BCUT2D eigenvalue weighted by Gasteiger charge is -2.30. The summed E-state index contributed by atoms with van der Waals surface area (Å²) in [7, 11) is 0. The van der Waals surface area contributed by atoms with E-state index in [1.165, 1.54) is 0 Å². The number of nitrogens with zero attached hydrogens (tertiary/aromatic N) is 1. The third-order valence-electron chi connectivity index (χ3n) is 4.90. The summed E-state index contributed by atoms with van der Waals surface area (Å²) < 4.78 is 0. The van der Waals surface area contributed by atoms with Crippen LogP contribution in [0.4, 0.5) is 5.69 Å². The van der Waals surface area contributed by atoms with E-state index in [-0.39, 0.29) is 17.7 Å². The molecule has 1 aliphatic heterocycles. The maximum Gasteiger partial charge on any atom is 0.227 e. The van der Waals surface area contributed by atoms with E-state index in [4.69, 9.17) is 23.2 Å². The number of carbonyl (C=O) groups is 2. The number of anilines is 1. The predicted octanol–water partition coefficient (Wildman–Crippen LogP) is 4.78. The van der Waals surface area contributed by atoms with Gasteiger partial charge in [-0.25, -0.2) is 0 Å². The van der Waals surface area contributed by atoms with Gasteiger partial charge < -0.3 is 10.2 Å². The van der Waals surface area contributed by atoms with Crippen LogP contribution in [0.3, 0.4) is 0 Å². The van der Waals surface area contributed by atoms with Gasteiger partial charge >= 0.3 is 0 Å². The molecule has 1 saturated heterocycles. The Balaban J connectivity index is 1.69. The molecule has 0 radical (unpaired) electrons. The van der Waals surface area contributed by atoms with Gasteiger partial charge in [0.05, 0.1) is 0 Å². The molecule has 2 aromatic carbocycles. The van der Waals surface area contributed by atoms with Crippen molar-refractivity contribution in [2.75, 3.05) is 18.4 Å². The van der Waals surface area contributed by atoms with E-state index in [1.54, 1.807) is 17.9 Å². The maximum atomic E-state index is 12.7. The van der Waals surface area contributed by atoms with Gasteiger partial charge in [-0.1, -0.05) is 41.4 Å². The molecule has 2 aromatic rings. The molecule has 142 valence electrons. The topological polar surface area (TPSA) is 49.4 Å². The smallest absolute Gasteiger partial charge is 0.227 e. The van der Waals surface area contributed by atoms with Gasteiger partial charge in [-0.3, -0.25) is 9.59 Å². The lowest BCUT2D eigenvalue weighted by molar-refractivity contribution is -0.132. The number of carbonyl (C=O) groups excluding carboxylic acids is 2. The molecule has 27 heavy (non-hydrogen) atoms. The van der Waals surface area contributed by atoms with E-state index in [0.717, 1.165) is 16.8 Å². The number of hydrogen-bond acceptors (Lipinski definition) is 2. The van der Waals surface area contributed by atoms with Crippen LogP contribution in [-0.4, -0.2) is 29.8 Å². The summed E-state index contributed by atoms with van der Waals surface area (Å²) in [6.07, 6.45) is 2.01. The zero-order valence-corrected chi connectivity index (χ0v) is 16.7. The van der Waals surface area contributed by atoms with Crippen LogP contribution < -0.4 is 5.32 Å². The first-order valence-electron chi connectivity index (χ1n) is 9.01. The molecule has 0 bridgehead atoms. The monoisotopic (exact) mass is 404 g/mol. The van der Waals surface area contributed by atoms with Crippen molar-refractivity contribution >= 4 is 40.7 Å². The second kappa shape index (κ2) is 8.77. The number of nitrogens with one attached hydrogen (secondary N) is 1. The Hall–Kier alpha value is -2.04. The molecule has 1 aliphatic rings. The standard InChI is InChI=1S/C21H22Cl2N2O2/c1-14(26)25-8-6-16(7-9-25)21(27)24-20-5-3-2-4-17(20)10-15-11-18(22)13-19(23)12-15/h2-5,11-13,16H,6-10H2,1H3,(H,24,27). The Morgan fingerprint density at radius 3 is 2.33 bits per heavy atom. The Kier molecular flexibility index (Phi) is 6.40. The van der Waals surface area contributed by atoms with Crippen molar-refractivity contribution < 1.29 is 9.59 Å². The van der Waals surface area contributed by atoms with Crippen molar-refractivity contribution in [3.05, 3.63) is 63.6 Å². The molecule has 2 amide bonds. The van der Waals surface area contributed by atoms with Gasteiger partial charge in [-0.15, -0.1) is 0 Å². The zero-order valence-electron chi connectivity index (χ0n) is 15.2. The summed E-state index contributed by atoms with van der Waals surface area (Å²) in [4.78, 5) is 25.9. The van der Waals surface area contributed by atoms with Gasteiger partial charge in [0.15, 0.2) is 0 Å². The molecular formula is C21H22Cl2N2O2. The highest BCUT2D eigenvalue weighted by Gasteiger charge is 2.26. The van der Waals surface area contributed by atoms with Crippen molar-refractivity contribution in [3.8, 4) is 0 Å². The van der Waals surface area contributed by atoms with Crippen LogP contribution in [0.5, 0.6) is 0 Å². The minimum atomic E-state index is -0.0747. The summed E-state index contributed by atoms with van der Waals surface area (Å²) >= 11 is 12.2. The predicted molar refractivity (Wildman–Crippen MR) is 109 cm³/mol. The van der Waals surface area contributed by atoms with Crippen LogP contribution in [0.25, 0.3) is 0 Å². The fourth-order valence-corrected chi connectivity index (χ4v) is 3.99. The molecule has 3 rings (SSSR count). The number of piperidine rings is 1. The minimum Gasteiger partial charge on any atom is -0.343 e. The second-order valence-electron chi connectivity index (χ2n) is 6.88. The molecule has 0 aliphatic carbocycles. The highest BCUT2D eigenvalue weighted by Crippen LogP contribution is 2.26. The van der Waals surface area contributed by atoms with Crippen molar-refractivity contribution in [3.63, 3.8) is 0 Å². The lowest BCUT2D eigenvalue weighted by Crippen LogP contribution is -2.40. The highest BCUT2D eigenvalue weighted by molar-refractivity contribution is 6.34. The average Bonchev–Trinajstić information content (AvgIpc) is 2.62. The molecule has 6 heteroatoms. The van der Waals surface area contributed by atoms with Gasteiger partial charge in [0.25, 0.3) is 0 Å². The Morgan fingerprint density at radius 1 is 1.07 bits per heavy atom. The summed E-state index contributed by atoms with van der Waals surface area (Å²) in [5, 5.41) is 4.25. The van der Waals surface area contributed by atoms with Gasteiger partial charge in [0.1, 0.15) is 0 Å². The first kappa shape index (κ1) is 19.7. The Bertz CT molecular complexity index is 826. The van der Waals surface area contributed by atoms with E-state index in [1.807, 2.05) is 36.4 Å². The normalized spacial score (nSPS) is 14.9. The third kappa shape index (κ3) is 5.24. The molecule has 0 saturated carbocycles. The van der Waals surface area contributed by atoms with Crippen LogP contribution in [0.15, 0.2) is 42.5 Å². The summed E-state index contributed by atoms with van der Waals surface area (Å²) in [6.45, 7) is 2.84. The quantitative estimate of drug-likeness (QED) is 0.796. The van der Waals surface area contributed by atoms with Crippen LogP contribution in [-0.2, 0) is 16.0 Å². The fourth-order valence-electron chi connectivity index (χ4n) is 3.42. The number of amides is 2. The van der Waals surface area contributed by atoms with Crippen LogP contribution in [0, 0.1) is 5.92 Å². The first-order valence-corrected chi connectivity index (χ1v) is 9.77. The maximum absolute atomic E-state index is 12.7. The summed E-state index contributed by atoms with van der Waals surface area (Å²) in [5.74, 6) is 0.00318. The molecule has 1 N–H and O–H groups in total. The Labute approximate surface area is 169 Å². The molecule has 1 heterocycles. The van der Waals surface area contributed by atoms with Crippen LogP contribution in [0.2, 0.25) is 10.0 Å². The molecule has 0 atom stereocenters. The molecule has 0 unspecified atom stereocenters. The van der Waals surface area contributed by atoms with Gasteiger partial charge in [-0.05, 0) is 54.7 Å². The summed E-state index contributed by atoms with van der Waals surface area (Å²) in [5.41, 5.74) is 2.79. The van der Waals surface area contributed by atoms with E-state index in [0.29, 0.717) is 42.4 Å². The zero-order chi connectivity index (χ0) is 19.4. The van der Waals surface area contributed by atoms with E-state index >= 15 is 0 Å². The number of likely N-dealkylation sites (tertiary alicyclic amines) is 1. The lowest BCUT2D eigenvalue weighted by atomic mass is 9.95. The van der Waals surface area contributed by atoms with Crippen molar-refractivity contribution in [2.45, 2.75) is 26.2 Å². The molecule has 0 aromatic heterocycles.